The van der Waals surface area contributed by atoms with Crippen LogP contribution in [0.3, 0.4) is 0 Å². The standard InChI is InChI=1S/C26H25N3O5S/c1-34-26(31)20-11-17(15-28-25(30)22-13-16-7-8-19(22)10-16)12-21(14-20)29-35(32,33)23-6-2-4-18-5-3-9-27-24(18)23/h2-9,11-12,14,16,19,22,29H,10,13,15H2,1H3,(H,28,30)/t16-,19+,22-/m1/s1. The highest BCUT2D eigenvalue weighted by atomic mass is 32.2. The summed E-state index contributed by atoms with van der Waals surface area (Å²) in [5.41, 5.74) is 1.29. The number of pyridine rings is 1. The van der Waals surface area contributed by atoms with E-state index in [1.165, 1.54) is 25.4 Å². The Morgan fingerprint density at radius 3 is 2.66 bits per heavy atom. The fourth-order valence-electron chi connectivity index (χ4n) is 4.99. The molecule has 2 N–H and O–H groups in total. The third kappa shape index (κ3) is 4.64. The first-order valence-corrected chi connectivity index (χ1v) is 12.9. The number of sulfonamides is 1. The van der Waals surface area contributed by atoms with E-state index >= 15 is 0 Å². The van der Waals surface area contributed by atoms with Gasteiger partial charge in [0.05, 0.1) is 23.9 Å². The summed E-state index contributed by atoms with van der Waals surface area (Å²) in [6.07, 6.45) is 7.69. The number of rotatable bonds is 7. The molecule has 0 unspecified atom stereocenters. The van der Waals surface area contributed by atoms with Gasteiger partial charge in [-0.3, -0.25) is 14.5 Å². The minimum absolute atomic E-state index is 0.0262. The highest BCUT2D eigenvalue weighted by Crippen LogP contribution is 2.43. The molecular weight excluding hydrogens is 466 g/mol. The van der Waals surface area contributed by atoms with Crippen molar-refractivity contribution >= 4 is 38.5 Å². The van der Waals surface area contributed by atoms with Crippen LogP contribution in [0.2, 0.25) is 0 Å². The zero-order valence-electron chi connectivity index (χ0n) is 19.1. The van der Waals surface area contributed by atoms with E-state index < -0.39 is 16.0 Å². The molecule has 0 spiro atoms. The van der Waals surface area contributed by atoms with Crippen molar-refractivity contribution in [3.63, 3.8) is 0 Å². The second-order valence-corrected chi connectivity index (χ2v) is 10.6. The topological polar surface area (TPSA) is 114 Å². The molecule has 2 aliphatic carbocycles. The average molecular weight is 492 g/mol. The first kappa shape index (κ1) is 23.0. The molecule has 3 atom stereocenters. The number of methoxy groups -OCH3 is 1. The average Bonchev–Trinajstić information content (AvgIpc) is 3.50. The van der Waals surface area contributed by atoms with E-state index in [9.17, 15) is 18.0 Å². The lowest BCUT2D eigenvalue weighted by atomic mass is 9.93. The smallest absolute Gasteiger partial charge is 0.337 e. The Hall–Kier alpha value is -3.72. The van der Waals surface area contributed by atoms with Crippen molar-refractivity contribution in [2.75, 3.05) is 11.8 Å². The van der Waals surface area contributed by atoms with E-state index in [0.717, 1.165) is 12.8 Å². The number of para-hydroxylation sites is 1. The summed E-state index contributed by atoms with van der Waals surface area (Å²) in [5, 5.41) is 3.64. The van der Waals surface area contributed by atoms with Gasteiger partial charge in [0.2, 0.25) is 5.91 Å². The van der Waals surface area contributed by atoms with Gasteiger partial charge in [-0.1, -0.05) is 30.4 Å². The molecule has 9 heteroatoms. The molecule has 1 amide bonds. The first-order valence-electron chi connectivity index (χ1n) is 11.4. The van der Waals surface area contributed by atoms with Gasteiger partial charge in [0.15, 0.2) is 0 Å². The SMILES string of the molecule is COC(=O)c1cc(CNC(=O)[C@@H]2C[C@@H]3C=C[C@H]2C3)cc(NS(=O)(=O)c2cccc3cccnc23)c1. The first-order chi connectivity index (χ1) is 16.8. The van der Waals surface area contributed by atoms with Crippen molar-refractivity contribution in [2.45, 2.75) is 24.3 Å². The van der Waals surface area contributed by atoms with Crippen LogP contribution in [0, 0.1) is 17.8 Å². The number of nitrogens with zero attached hydrogens (tertiary/aromatic N) is 1. The van der Waals surface area contributed by atoms with Gasteiger partial charge in [0, 0.05) is 24.0 Å². The minimum atomic E-state index is -4.02. The van der Waals surface area contributed by atoms with Crippen LogP contribution < -0.4 is 10.0 Å². The summed E-state index contributed by atoms with van der Waals surface area (Å²) in [6, 6.07) is 13.0. The maximum absolute atomic E-state index is 13.2. The Balaban J connectivity index is 1.40. The zero-order chi connectivity index (χ0) is 24.6. The number of esters is 1. The summed E-state index contributed by atoms with van der Waals surface area (Å²) in [7, 11) is -2.76. The van der Waals surface area contributed by atoms with Gasteiger partial charge < -0.3 is 10.1 Å². The number of benzene rings is 2. The maximum atomic E-state index is 13.2. The number of anilines is 1. The molecule has 1 fully saturated rings. The third-order valence-electron chi connectivity index (χ3n) is 6.63. The van der Waals surface area contributed by atoms with Crippen LogP contribution in [0.4, 0.5) is 5.69 Å². The summed E-state index contributed by atoms with van der Waals surface area (Å²) in [4.78, 5) is 29.3. The third-order valence-corrected chi connectivity index (χ3v) is 8.05. The number of fused-ring (bicyclic) bond motifs is 3. The van der Waals surface area contributed by atoms with E-state index in [1.54, 1.807) is 36.4 Å². The van der Waals surface area contributed by atoms with Crippen molar-refractivity contribution in [2.24, 2.45) is 17.8 Å². The Labute approximate surface area is 203 Å². The van der Waals surface area contributed by atoms with Crippen LogP contribution in [-0.4, -0.2) is 32.4 Å². The van der Waals surface area contributed by atoms with Crippen LogP contribution in [0.5, 0.6) is 0 Å². The van der Waals surface area contributed by atoms with Crippen molar-refractivity contribution in [1.82, 2.24) is 10.3 Å². The highest BCUT2D eigenvalue weighted by molar-refractivity contribution is 7.93. The molecule has 1 heterocycles. The van der Waals surface area contributed by atoms with E-state index in [-0.39, 0.29) is 40.4 Å². The van der Waals surface area contributed by atoms with Gasteiger partial charge in [-0.15, -0.1) is 0 Å². The minimum Gasteiger partial charge on any atom is -0.465 e. The maximum Gasteiger partial charge on any atom is 0.337 e. The molecule has 5 rings (SSSR count). The number of nitrogens with one attached hydrogen (secondary N) is 2. The molecule has 3 aromatic rings. The number of allylic oxidation sites excluding steroid dienone is 2. The summed E-state index contributed by atoms with van der Waals surface area (Å²) >= 11 is 0. The lowest BCUT2D eigenvalue weighted by molar-refractivity contribution is -0.125. The molecule has 8 nitrogen and oxygen atoms in total. The zero-order valence-corrected chi connectivity index (χ0v) is 19.9. The quantitative estimate of drug-likeness (QED) is 0.385. The molecule has 0 aliphatic heterocycles. The van der Waals surface area contributed by atoms with Gasteiger partial charge in [-0.25, -0.2) is 13.2 Å². The molecule has 180 valence electrons. The normalized spacial score (nSPS) is 20.7. The van der Waals surface area contributed by atoms with Crippen LogP contribution in [0.15, 0.2) is 71.8 Å². The second-order valence-electron chi connectivity index (χ2n) is 8.95. The van der Waals surface area contributed by atoms with Gasteiger partial charge >= 0.3 is 5.97 Å². The fourth-order valence-corrected chi connectivity index (χ4v) is 6.22. The summed E-state index contributed by atoms with van der Waals surface area (Å²) < 4.78 is 33.9. The predicted octanol–water partition coefficient (Wildman–Crippen LogP) is 3.65. The van der Waals surface area contributed by atoms with Crippen LogP contribution in [0.1, 0.15) is 28.8 Å². The molecular formula is C26H25N3O5S. The highest BCUT2D eigenvalue weighted by Gasteiger charge is 2.39. The van der Waals surface area contributed by atoms with E-state index in [0.29, 0.717) is 22.4 Å². The molecule has 1 saturated carbocycles. The number of carbonyl (C=O) groups excluding carboxylic acids is 2. The number of carbonyl (C=O) groups is 2. The summed E-state index contributed by atoms with van der Waals surface area (Å²) in [6.45, 7) is 0.159. The lowest BCUT2D eigenvalue weighted by Gasteiger charge is -2.18. The van der Waals surface area contributed by atoms with Gasteiger partial charge in [-0.05, 0) is 60.6 Å². The van der Waals surface area contributed by atoms with Gasteiger partial charge in [-0.2, -0.15) is 0 Å². The molecule has 2 aliphatic rings. The largest absolute Gasteiger partial charge is 0.465 e. The van der Waals surface area contributed by atoms with Crippen molar-refractivity contribution in [1.29, 1.82) is 0 Å². The Morgan fingerprint density at radius 1 is 1.09 bits per heavy atom. The number of hydrogen-bond acceptors (Lipinski definition) is 6. The van der Waals surface area contributed by atoms with Crippen molar-refractivity contribution < 1.29 is 22.7 Å². The van der Waals surface area contributed by atoms with Gasteiger partial charge in [0.1, 0.15) is 4.90 Å². The lowest BCUT2D eigenvalue weighted by Crippen LogP contribution is -2.32. The van der Waals surface area contributed by atoms with Gasteiger partial charge in [0.25, 0.3) is 10.0 Å². The number of hydrogen-bond donors (Lipinski definition) is 2. The Kier molecular flexibility index (Phi) is 6.02. The Morgan fingerprint density at radius 2 is 1.91 bits per heavy atom. The molecule has 35 heavy (non-hydrogen) atoms. The van der Waals surface area contributed by atoms with Crippen LogP contribution >= 0.6 is 0 Å². The fraction of sp³-hybridized carbons (Fsp3) is 0.269. The van der Waals surface area contributed by atoms with Crippen molar-refractivity contribution in [3.05, 3.63) is 78.0 Å². The number of amides is 1. The van der Waals surface area contributed by atoms with Crippen LogP contribution in [-0.2, 0) is 26.1 Å². The van der Waals surface area contributed by atoms with Crippen molar-refractivity contribution in [3.8, 4) is 0 Å². The van der Waals surface area contributed by atoms with E-state index in [1.807, 2.05) is 0 Å². The number of ether oxygens (including phenoxy) is 1. The predicted molar refractivity (Wildman–Crippen MR) is 131 cm³/mol. The molecule has 0 saturated heterocycles. The molecule has 2 aromatic carbocycles. The van der Waals surface area contributed by atoms with E-state index in [4.69, 9.17) is 4.74 Å². The summed E-state index contributed by atoms with van der Waals surface area (Å²) in [5.74, 6) is 0.0599. The molecule has 1 aromatic heterocycles. The molecule has 2 bridgehead atoms. The molecule has 0 radical (unpaired) electrons. The second kappa shape index (κ2) is 9.14. The number of aromatic nitrogens is 1. The van der Waals surface area contributed by atoms with Crippen LogP contribution in [0.25, 0.3) is 10.9 Å². The Bertz CT molecular complexity index is 1450. The monoisotopic (exact) mass is 491 g/mol. The van der Waals surface area contributed by atoms with E-state index in [2.05, 4.69) is 27.2 Å².